The van der Waals surface area contributed by atoms with Crippen molar-refractivity contribution in [3.63, 3.8) is 0 Å². The SMILES string of the molecule is CCc1nc(Br)cc(NCCO)n1. The molecule has 1 aromatic heterocycles. The second kappa shape index (κ2) is 5.14. The second-order valence-corrected chi connectivity index (χ2v) is 3.31. The molecule has 0 amide bonds. The Labute approximate surface area is 85.5 Å². The molecule has 0 saturated carbocycles. The molecule has 0 fully saturated rings. The van der Waals surface area contributed by atoms with Crippen LogP contribution in [0.15, 0.2) is 10.7 Å². The van der Waals surface area contributed by atoms with Gasteiger partial charge in [-0.05, 0) is 15.9 Å². The number of hydrogen-bond acceptors (Lipinski definition) is 4. The topological polar surface area (TPSA) is 58.0 Å². The van der Waals surface area contributed by atoms with Crippen molar-refractivity contribution in [2.24, 2.45) is 0 Å². The van der Waals surface area contributed by atoms with Crippen molar-refractivity contribution in [2.45, 2.75) is 13.3 Å². The number of nitrogens with one attached hydrogen (secondary N) is 1. The molecule has 13 heavy (non-hydrogen) atoms. The lowest BCUT2D eigenvalue weighted by Crippen LogP contribution is -2.08. The van der Waals surface area contributed by atoms with Crippen LogP contribution < -0.4 is 5.32 Å². The van der Waals surface area contributed by atoms with Gasteiger partial charge in [-0.25, -0.2) is 9.97 Å². The van der Waals surface area contributed by atoms with E-state index < -0.39 is 0 Å². The van der Waals surface area contributed by atoms with Gasteiger partial charge >= 0.3 is 0 Å². The Morgan fingerprint density at radius 1 is 1.54 bits per heavy atom. The maximum Gasteiger partial charge on any atom is 0.131 e. The summed E-state index contributed by atoms with van der Waals surface area (Å²) in [5, 5.41) is 11.6. The van der Waals surface area contributed by atoms with Gasteiger partial charge in [0.2, 0.25) is 0 Å². The van der Waals surface area contributed by atoms with Gasteiger partial charge in [-0.2, -0.15) is 0 Å². The quantitative estimate of drug-likeness (QED) is 0.784. The molecule has 72 valence electrons. The molecule has 0 unspecified atom stereocenters. The zero-order chi connectivity index (χ0) is 9.68. The number of rotatable bonds is 4. The third-order valence-corrected chi connectivity index (χ3v) is 1.88. The summed E-state index contributed by atoms with van der Waals surface area (Å²) < 4.78 is 0.764. The van der Waals surface area contributed by atoms with Gasteiger partial charge in [-0.15, -0.1) is 0 Å². The molecular formula is C8H12BrN3O. The molecule has 4 nitrogen and oxygen atoms in total. The summed E-state index contributed by atoms with van der Waals surface area (Å²) in [5.74, 6) is 1.53. The van der Waals surface area contributed by atoms with E-state index in [1.165, 1.54) is 0 Å². The number of anilines is 1. The van der Waals surface area contributed by atoms with Crippen LogP contribution in [-0.4, -0.2) is 28.2 Å². The molecule has 2 N–H and O–H groups in total. The van der Waals surface area contributed by atoms with Crippen molar-refractivity contribution in [3.8, 4) is 0 Å². The molecule has 0 aliphatic rings. The molecule has 5 heteroatoms. The van der Waals surface area contributed by atoms with Crippen LogP contribution >= 0.6 is 15.9 Å². The zero-order valence-electron chi connectivity index (χ0n) is 7.42. The lowest BCUT2D eigenvalue weighted by Gasteiger charge is -2.05. The highest BCUT2D eigenvalue weighted by Crippen LogP contribution is 2.12. The first-order valence-electron chi connectivity index (χ1n) is 4.14. The van der Waals surface area contributed by atoms with E-state index in [2.05, 4.69) is 31.2 Å². The van der Waals surface area contributed by atoms with Crippen molar-refractivity contribution in [3.05, 3.63) is 16.5 Å². The third kappa shape index (κ3) is 3.28. The highest BCUT2D eigenvalue weighted by Gasteiger charge is 1.99. The smallest absolute Gasteiger partial charge is 0.131 e. The van der Waals surface area contributed by atoms with Crippen molar-refractivity contribution in [1.29, 1.82) is 0 Å². The van der Waals surface area contributed by atoms with Crippen molar-refractivity contribution >= 4 is 21.7 Å². The number of hydrogen-bond donors (Lipinski definition) is 2. The van der Waals surface area contributed by atoms with Crippen LogP contribution in [0.5, 0.6) is 0 Å². The lowest BCUT2D eigenvalue weighted by atomic mass is 10.4. The van der Waals surface area contributed by atoms with E-state index >= 15 is 0 Å². The van der Waals surface area contributed by atoms with Gasteiger partial charge in [0, 0.05) is 19.0 Å². The average Bonchev–Trinajstić information content (AvgIpc) is 2.14. The molecule has 0 atom stereocenters. The minimum atomic E-state index is 0.100. The first-order chi connectivity index (χ1) is 6.26. The summed E-state index contributed by atoms with van der Waals surface area (Å²) in [6, 6.07) is 1.79. The average molecular weight is 246 g/mol. The van der Waals surface area contributed by atoms with Gasteiger partial charge in [0.15, 0.2) is 0 Å². The molecule has 1 heterocycles. The fourth-order valence-corrected chi connectivity index (χ4v) is 1.32. The molecule has 0 aliphatic carbocycles. The molecule has 1 rings (SSSR count). The Morgan fingerprint density at radius 3 is 2.92 bits per heavy atom. The summed E-state index contributed by atoms with van der Waals surface area (Å²) in [4.78, 5) is 8.39. The number of aliphatic hydroxyl groups excluding tert-OH is 1. The molecule has 0 bridgehead atoms. The second-order valence-electron chi connectivity index (χ2n) is 2.50. The first-order valence-corrected chi connectivity index (χ1v) is 4.93. The van der Waals surface area contributed by atoms with E-state index in [1.54, 1.807) is 6.07 Å². The van der Waals surface area contributed by atoms with E-state index in [0.717, 1.165) is 22.7 Å². The highest BCUT2D eigenvalue weighted by molar-refractivity contribution is 9.10. The van der Waals surface area contributed by atoms with E-state index in [9.17, 15) is 0 Å². The van der Waals surface area contributed by atoms with Crippen LogP contribution in [0.1, 0.15) is 12.7 Å². The molecule has 0 aliphatic heterocycles. The van der Waals surface area contributed by atoms with Gasteiger partial charge in [0.05, 0.1) is 6.61 Å². The number of aryl methyl sites for hydroxylation is 1. The predicted octanol–water partition coefficient (Wildman–Crippen LogP) is 1.21. The van der Waals surface area contributed by atoms with Crippen LogP contribution in [0.25, 0.3) is 0 Å². The fraction of sp³-hybridized carbons (Fsp3) is 0.500. The monoisotopic (exact) mass is 245 g/mol. The van der Waals surface area contributed by atoms with Crippen LogP contribution in [0, 0.1) is 0 Å². The predicted molar refractivity (Wildman–Crippen MR) is 54.7 cm³/mol. The zero-order valence-corrected chi connectivity index (χ0v) is 9.00. The van der Waals surface area contributed by atoms with E-state index in [-0.39, 0.29) is 6.61 Å². The Hall–Kier alpha value is -0.680. The van der Waals surface area contributed by atoms with Crippen LogP contribution in [0.3, 0.4) is 0 Å². The van der Waals surface area contributed by atoms with Crippen molar-refractivity contribution in [1.82, 2.24) is 9.97 Å². The molecule has 0 aromatic carbocycles. The molecule has 0 radical (unpaired) electrons. The van der Waals surface area contributed by atoms with E-state index in [0.29, 0.717) is 6.54 Å². The normalized spacial score (nSPS) is 10.1. The van der Waals surface area contributed by atoms with Gasteiger partial charge < -0.3 is 10.4 Å². The number of nitrogens with zero attached hydrogens (tertiary/aromatic N) is 2. The van der Waals surface area contributed by atoms with Crippen molar-refractivity contribution in [2.75, 3.05) is 18.5 Å². The first kappa shape index (κ1) is 10.4. The fourth-order valence-electron chi connectivity index (χ4n) is 0.897. The molecule has 0 spiro atoms. The third-order valence-electron chi connectivity index (χ3n) is 1.48. The number of aliphatic hydroxyl groups is 1. The maximum atomic E-state index is 8.61. The van der Waals surface area contributed by atoms with Gasteiger partial charge in [0.1, 0.15) is 16.2 Å². The Kier molecular flexibility index (Phi) is 4.11. The Balaban J connectivity index is 2.76. The highest BCUT2D eigenvalue weighted by atomic mass is 79.9. The molecule has 0 saturated heterocycles. The van der Waals surface area contributed by atoms with Crippen LogP contribution in [0.4, 0.5) is 5.82 Å². The summed E-state index contributed by atoms with van der Waals surface area (Å²) >= 11 is 3.29. The minimum Gasteiger partial charge on any atom is -0.395 e. The van der Waals surface area contributed by atoms with Crippen LogP contribution in [0.2, 0.25) is 0 Å². The standard InChI is InChI=1S/C8H12BrN3O/c1-2-7-11-6(9)5-8(12-7)10-3-4-13/h5,13H,2-4H2,1H3,(H,10,11,12). The minimum absolute atomic E-state index is 0.100. The maximum absolute atomic E-state index is 8.61. The summed E-state index contributed by atoms with van der Waals surface area (Å²) in [5.41, 5.74) is 0. The van der Waals surface area contributed by atoms with Gasteiger partial charge in [-0.1, -0.05) is 6.92 Å². The summed E-state index contributed by atoms with van der Waals surface area (Å²) in [6.45, 7) is 2.60. The Morgan fingerprint density at radius 2 is 2.31 bits per heavy atom. The van der Waals surface area contributed by atoms with E-state index in [4.69, 9.17) is 5.11 Å². The number of aromatic nitrogens is 2. The summed E-state index contributed by atoms with van der Waals surface area (Å²) in [7, 11) is 0. The van der Waals surface area contributed by atoms with Crippen molar-refractivity contribution < 1.29 is 5.11 Å². The molecule has 1 aromatic rings. The van der Waals surface area contributed by atoms with Gasteiger partial charge in [0.25, 0.3) is 0 Å². The van der Waals surface area contributed by atoms with Gasteiger partial charge in [-0.3, -0.25) is 0 Å². The molecular weight excluding hydrogens is 234 g/mol. The lowest BCUT2D eigenvalue weighted by molar-refractivity contribution is 0.311. The summed E-state index contributed by atoms with van der Waals surface area (Å²) in [6.07, 6.45) is 0.799. The number of halogens is 1. The van der Waals surface area contributed by atoms with Crippen LogP contribution in [-0.2, 0) is 6.42 Å². The Bertz CT molecular complexity index is 280. The van der Waals surface area contributed by atoms with E-state index in [1.807, 2.05) is 6.92 Å². The largest absolute Gasteiger partial charge is 0.395 e.